The average Bonchev–Trinajstić information content (AvgIpc) is 1.94. The Morgan fingerprint density at radius 2 is 2.20 bits per heavy atom. The maximum Gasteiger partial charge on any atom is 0.0749 e. The summed E-state index contributed by atoms with van der Waals surface area (Å²) in [5.74, 6) is 0. The van der Waals surface area contributed by atoms with Gasteiger partial charge in [0.15, 0.2) is 0 Å². The van der Waals surface area contributed by atoms with Crippen molar-refractivity contribution in [1.29, 1.82) is 0 Å². The number of ether oxygens (including phenoxy) is 1. The van der Waals surface area contributed by atoms with Crippen LogP contribution in [-0.4, -0.2) is 24.6 Å². The summed E-state index contributed by atoms with van der Waals surface area (Å²) < 4.78 is 5.16. The second kappa shape index (κ2) is 3.56. The van der Waals surface area contributed by atoms with Gasteiger partial charge in [-0.25, -0.2) is 0 Å². The van der Waals surface area contributed by atoms with Crippen molar-refractivity contribution in [3.63, 3.8) is 0 Å². The Bertz CT molecular complexity index is 110. The zero-order valence-electron chi connectivity index (χ0n) is 6.22. The van der Waals surface area contributed by atoms with Gasteiger partial charge in [0, 0.05) is 13.2 Å². The number of nitrogens with two attached hydrogens (primary N) is 1. The Morgan fingerprint density at radius 3 is 2.70 bits per heavy atom. The van der Waals surface area contributed by atoms with E-state index in [0.29, 0.717) is 6.04 Å². The topological polar surface area (TPSA) is 35.2 Å². The van der Waals surface area contributed by atoms with Gasteiger partial charge >= 0.3 is 0 Å². The molecule has 1 rings (SSSR count). The Labute approximate surface area is 66.7 Å². The van der Waals surface area contributed by atoms with E-state index in [0.717, 1.165) is 19.3 Å². The highest BCUT2D eigenvalue weighted by atomic mass is 35.5. The minimum atomic E-state index is 0.171. The molecule has 2 N–H and O–H groups in total. The molecule has 0 aromatic carbocycles. The standard InChI is InChI=1S/C7H14ClNO/c1-10-7-4-5(9)2-3-6(7)8/h5-7H,2-4,9H2,1H3. The quantitative estimate of drug-likeness (QED) is 0.588. The number of rotatable bonds is 1. The zero-order chi connectivity index (χ0) is 7.56. The van der Waals surface area contributed by atoms with Crippen molar-refractivity contribution in [3.05, 3.63) is 0 Å². The van der Waals surface area contributed by atoms with E-state index in [9.17, 15) is 0 Å². The van der Waals surface area contributed by atoms with Crippen LogP contribution >= 0.6 is 11.6 Å². The fourth-order valence-electron chi connectivity index (χ4n) is 1.37. The molecule has 0 amide bonds. The summed E-state index contributed by atoms with van der Waals surface area (Å²) in [7, 11) is 1.69. The predicted molar refractivity (Wildman–Crippen MR) is 42.3 cm³/mol. The lowest BCUT2D eigenvalue weighted by atomic mass is 9.93. The molecule has 10 heavy (non-hydrogen) atoms. The fourth-order valence-corrected chi connectivity index (χ4v) is 1.70. The highest BCUT2D eigenvalue weighted by Crippen LogP contribution is 2.24. The Kier molecular flexibility index (Phi) is 2.96. The van der Waals surface area contributed by atoms with E-state index >= 15 is 0 Å². The molecular formula is C7H14ClNO. The van der Waals surface area contributed by atoms with Gasteiger partial charge in [0.2, 0.25) is 0 Å². The molecule has 3 atom stereocenters. The SMILES string of the molecule is COC1CC(N)CCC1Cl. The fraction of sp³-hybridized carbons (Fsp3) is 1.00. The Hall–Kier alpha value is 0.210. The normalized spacial score (nSPS) is 41.7. The summed E-state index contributed by atoms with van der Waals surface area (Å²) in [6.45, 7) is 0. The molecule has 3 unspecified atom stereocenters. The molecule has 2 nitrogen and oxygen atoms in total. The monoisotopic (exact) mass is 163 g/mol. The van der Waals surface area contributed by atoms with Crippen molar-refractivity contribution in [2.45, 2.75) is 36.8 Å². The summed E-state index contributed by atoms with van der Waals surface area (Å²) in [6.07, 6.45) is 3.10. The maximum absolute atomic E-state index is 5.97. The molecule has 1 aliphatic rings. The van der Waals surface area contributed by atoms with Crippen LogP contribution in [0, 0.1) is 0 Å². The molecule has 0 aliphatic heterocycles. The molecule has 0 aromatic heterocycles. The molecule has 1 fully saturated rings. The Balaban J connectivity index is 2.38. The van der Waals surface area contributed by atoms with Gasteiger partial charge in [-0.1, -0.05) is 0 Å². The van der Waals surface area contributed by atoms with Crippen molar-refractivity contribution in [3.8, 4) is 0 Å². The van der Waals surface area contributed by atoms with Crippen LogP contribution in [0.2, 0.25) is 0 Å². The molecule has 3 heteroatoms. The minimum absolute atomic E-state index is 0.171. The second-order valence-corrected chi connectivity index (χ2v) is 3.42. The van der Waals surface area contributed by atoms with Crippen molar-refractivity contribution >= 4 is 11.6 Å². The molecular weight excluding hydrogens is 150 g/mol. The lowest BCUT2D eigenvalue weighted by Gasteiger charge is -2.29. The van der Waals surface area contributed by atoms with Crippen LogP contribution in [0.4, 0.5) is 0 Å². The van der Waals surface area contributed by atoms with E-state index < -0.39 is 0 Å². The van der Waals surface area contributed by atoms with Crippen LogP contribution in [0.15, 0.2) is 0 Å². The summed E-state index contributed by atoms with van der Waals surface area (Å²) in [5, 5.41) is 0.171. The third kappa shape index (κ3) is 1.84. The molecule has 0 aromatic rings. The van der Waals surface area contributed by atoms with Gasteiger partial charge in [0.1, 0.15) is 0 Å². The van der Waals surface area contributed by atoms with Crippen LogP contribution < -0.4 is 5.73 Å². The van der Waals surface area contributed by atoms with Crippen molar-refractivity contribution in [1.82, 2.24) is 0 Å². The number of alkyl halides is 1. The first-order chi connectivity index (χ1) is 4.74. The summed E-state index contributed by atoms with van der Waals surface area (Å²) in [5.41, 5.74) is 5.72. The molecule has 1 saturated carbocycles. The number of methoxy groups -OCH3 is 1. The van der Waals surface area contributed by atoms with Crippen molar-refractivity contribution in [2.24, 2.45) is 5.73 Å². The van der Waals surface area contributed by atoms with Crippen LogP contribution in [0.25, 0.3) is 0 Å². The second-order valence-electron chi connectivity index (χ2n) is 2.86. The number of hydrogen-bond donors (Lipinski definition) is 1. The van der Waals surface area contributed by atoms with Crippen molar-refractivity contribution < 1.29 is 4.74 Å². The average molecular weight is 164 g/mol. The van der Waals surface area contributed by atoms with Gasteiger partial charge in [0.05, 0.1) is 11.5 Å². The summed E-state index contributed by atoms with van der Waals surface area (Å²) in [6, 6.07) is 0.292. The van der Waals surface area contributed by atoms with Gasteiger partial charge in [-0.2, -0.15) is 0 Å². The smallest absolute Gasteiger partial charge is 0.0749 e. The van der Waals surface area contributed by atoms with E-state index in [1.54, 1.807) is 7.11 Å². The van der Waals surface area contributed by atoms with Crippen LogP contribution in [0.5, 0.6) is 0 Å². The molecule has 0 heterocycles. The molecule has 0 bridgehead atoms. The lowest BCUT2D eigenvalue weighted by molar-refractivity contribution is 0.0679. The summed E-state index contributed by atoms with van der Waals surface area (Å²) in [4.78, 5) is 0. The lowest BCUT2D eigenvalue weighted by Crippen LogP contribution is -2.38. The zero-order valence-corrected chi connectivity index (χ0v) is 6.97. The first-order valence-electron chi connectivity index (χ1n) is 3.66. The van der Waals surface area contributed by atoms with Crippen LogP contribution in [0.1, 0.15) is 19.3 Å². The van der Waals surface area contributed by atoms with E-state index in [1.165, 1.54) is 0 Å². The van der Waals surface area contributed by atoms with Crippen LogP contribution in [0.3, 0.4) is 0 Å². The summed E-state index contributed by atoms with van der Waals surface area (Å²) >= 11 is 5.97. The van der Waals surface area contributed by atoms with E-state index in [4.69, 9.17) is 22.1 Å². The van der Waals surface area contributed by atoms with E-state index in [2.05, 4.69) is 0 Å². The number of halogens is 1. The van der Waals surface area contributed by atoms with E-state index in [-0.39, 0.29) is 11.5 Å². The van der Waals surface area contributed by atoms with Gasteiger partial charge in [-0.3, -0.25) is 0 Å². The Morgan fingerprint density at radius 1 is 1.50 bits per heavy atom. The third-order valence-electron chi connectivity index (χ3n) is 2.05. The molecule has 0 radical (unpaired) electrons. The first-order valence-corrected chi connectivity index (χ1v) is 4.10. The molecule has 60 valence electrons. The maximum atomic E-state index is 5.97. The highest BCUT2D eigenvalue weighted by molar-refractivity contribution is 6.21. The van der Waals surface area contributed by atoms with Gasteiger partial charge < -0.3 is 10.5 Å². The molecule has 0 spiro atoms. The first kappa shape index (κ1) is 8.31. The predicted octanol–water partition coefficient (Wildman–Crippen LogP) is 1.12. The third-order valence-corrected chi connectivity index (χ3v) is 2.55. The minimum Gasteiger partial charge on any atom is -0.380 e. The number of hydrogen-bond acceptors (Lipinski definition) is 2. The largest absolute Gasteiger partial charge is 0.380 e. The van der Waals surface area contributed by atoms with Crippen LogP contribution in [-0.2, 0) is 4.74 Å². The van der Waals surface area contributed by atoms with Crippen molar-refractivity contribution in [2.75, 3.05) is 7.11 Å². The highest BCUT2D eigenvalue weighted by Gasteiger charge is 2.26. The van der Waals surface area contributed by atoms with E-state index in [1.807, 2.05) is 0 Å². The van der Waals surface area contributed by atoms with Gasteiger partial charge in [-0.05, 0) is 19.3 Å². The molecule has 1 aliphatic carbocycles. The van der Waals surface area contributed by atoms with Gasteiger partial charge in [0.25, 0.3) is 0 Å². The van der Waals surface area contributed by atoms with Gasteiger partial charge in [-0.15, -0.1) is 11.6 Å². The molecule has 0 saturated heterocycles.